The molecule has 10 nitrogen and oxygen atoms in total. The number of anilines is 1. The number of cyclic esters (lactones) is 1. The van der Waals surface area contributed by atoms with Gasteiger partial charge < -0.3 is 30.7 Å². The van der Waals surface area contributed by atoms with E-state index >= 15 is 0 Å². The number of amides is 3. The fourth-order valence-corrected chi connectivity index (χ4v) is 4.95. The predicted molar refractivity (Wildman–Crippen MR) is 145 cm³/mol. The standard InChI is InChI=1S/C28H33ClN4O6/c1-17(31-25(35)19-11-12-21(30)20(29)15-19)27(37)33-13-5-10-23(33)26(36)32-22-16-24(34)39-28(22)38-14-6-9-18-7-3-2-4-8-18/h2-4,7-8,11-12,15,17,22-23,28H,5-6,9-10,13-14,16,30H2,1H3,(H,31,35)(H,32,36). The van der Waals surface area contributed by atoms with E-state index < -0.39 is 36.3 Å². The molecule has 2 aromatic carbocycles. The molecular formula is C28H33ClN4O6. The summed E-state index contributed by atoms with van der Waals surface area (Å²) in [6.07, 6.45) is 1.76. The number of hydrogen-bond acceptors (Lipinski definition) is 7. The van der Waals surface area contributed by atoms with Gasteiger partial charge in [0.1, 0.15) is 18.1 Å². The number of carbonyl (C=O) groups excluding carboxylic acids is 4. The van der Waals surface area contributed by atoms with Crippen LogP contribution in [0.2, 0.25) is 5.02 Å². The number of nitrogens with one attached hydrogen (secondary N) is 2. The molecule has 4 atom stereocenters. The molecule has 4 rings (SSSR count). The van der Waals surface area contributed by atoms with Crippen molar-refractivity contribution in [3.63, 3.8) is 0 Å². The second kappa shape index (κ2) is 12.9. The van der Waals surface area contributed by atoms with Crippen LogP contribution in [0.4, 0.5) is 5.69 Å². The fourth-order valence-electron chi connectivity index (χ4n) is 4.77. The van der Waals surface area contributed by atoms with Crippen LogP contribution in [0.3, 0.4) is 0 Å². The lowest BCUT2D eigenvalue weighted by molar-refractivity contribution is -0.165. The second-order valence-corrected chi connectivity index (χ2v) is 10.2. The normalized spacial score (nSPS) is 21.3. The van der Waals surface area contributed by atoms with E-state index in [0.29, 0.717) is 31.7 Å². The summed E-state index contributed by atoms with van der Waals surface area (Å²) in [4.78, 5) is 52.4. The van der Waals surface area contributed by atoms with Crippen LogP contribution < -0.4 is 16.4 Å². The third-order valence-corrected chi connectivity index (χ3v) is 7.17. The number of rotatable bonds is 10. The molecule has 11 heteroatoms. The quantitative estimate of drug-likeness (QED) is 0.232. The van der Waals surface area contributed by atoms with Crippen molar-refractivity contribution in [3.8, 4) is 0 Å². The zero-order valence-corrected chi connectivity index (χ0v) is 22.5. The molecule has 2 heterocycles. The second-order valence-electron chi connectivity index (χ2n) is 9.76. The molecule has 0 bridgehead atoms. The number of aryl methyl sites for hydroxylation is 1. The van der Waals surface area contributed by atoms with Crippen molar-refractivity contribution in [1.29, 1.82) is 0 Å². The number of carbonyl (C=O) groups is 4. The Balaban J connectivity index is 1.29. The molecule has 0 spiro atoms. The minimum Gasteiger partial charge on any atom is -0.433 e. The highest BCUT2D eigenvalue weighted by Crippen LogP contribution is 2.23. The smallest absolute Gasteiger partial charge is 0.310 e. The zero-order valence-electron chi connectivity index (χ0n) is 21.7. The van der Waals surface area contributed by atoms with E-state index in [1.807, 2.05) is 30.3 Å². The Bertz CT molecular complexity index is 1210. The minimum absolute atomic E-state index is 0.00757. The van der Waals surface area contributed by atoms with Crippen molar-refractivity contribution < 1.29 is 28.7 Å². The molecular weight excluding hydrogens is 524 g/mol. The van der Waals surface area contributed by atoms with Crippen LogP contribution in [0, 0.1) is 0 Å². The lowest BCUT2D eigenvalue weighted by Crippen LogP contribution is -2.54. The summed E-state index contributed by atoms with van der Waals surface area (Å²) in [5, 5.41) is 5.75. The van der Waals surface area contributed by atoms with E-state index in [4.69, 9.17) is 26.8 Å². The first kappa shape index (κ1) is 28.4. The molecule has 0 radical (unpaired) electrons. The lowest BCUT2D eigenvalue weighted by Gasteiger charge is -2.28. The molecule has 4 N–H and O–H groups in total. The molecule has 2 aliphatic heterocycles. The van der Waals surface area contributed by atoms with Crippen molar-refractivity contribution in [2.75, 3.05) is 18.9 Å². The molecule has 0 saturated carbocycles. The maximum absolute atomic E-state index is 13.2. The topological polar surface area (TPSA) is 140 Å². The Morgan fingerprint density at radius 2 is 1.97 bits per heavy atom. The molecule has 2 aromatic rings. The van der Waals surface area contributed by atoms with Gasteiger partial charge in [0, 0.05) is 12.1 Å². The maximum atomic E-state index is 13.2. The number of nitrogens with zero attached hydrogens (tertiary/aromatic N) is 1. The third kappa shape index (κ3) is 7.27. The summed E-state index contributed by atoms with van der Waals surface area (Å²) in [6.45, 7) is 2.31. The lowest BCUT2D eigenvalue weighted by atomic mass is 10.1. The van der Waals surface area contributed by atoms with Crippen LogP contribution in [0.5, 0.6) is 0 Å². The largest absolute Gasteiger partial charge is 0.433 e. The highest BCUT2D eigenvalue weighted by atomic mass is 35.5. The van der Waals surface area contributed by atoms with E-state index in [-0.39, 0.29) is 28.8 Å². The average molecular weight is 557 g/mol. The Morgan fingerprint density at radius 1 is 1.21 bits per heavy atom. The van der Waals surface area contributed by atoms with Crippen molar-refractivity contribution in [3.05, 3.63) is 64.7 Å². The van der Waals surface area contributed by atoms with E-state index in [2.05, 4.69) is 10.6 Å². The van der Waals surface area contributed by atoms with Gasteiger partial charge in [-0.05, 0) is 56.4 Å². The van der Waals surface area contributed by atoms with Crippen molar-refractivity contribution in [1.82, 2.24) is 15.5 Å². The highest BCUT2D eigenvalue weighted by molar-refractivity contribution is 6.33. The summed E-state index contributed by atoms with van der Waals surface area (Å²) in [7, 11) is 0. The number of ether oxygens (including phenoxy) is 2. The third-order valence-electron chi connectivity index (χ3n) is 6.84. The van der Waals surface area contributed by atoms with Gasteiger partial charge in [-0.2, -0.15) is 0 Å². The number of nitrogen functional groups attached to an aromatic ring is 1. The summed E-state index contributed by atoms with van der Waals surface area (Å²) < 4.78 is 11.1. The molecule has 2 fully saturated rings. The van der Waals surface area contributed by atoms with Crippen molar-refractivity contribution >= 4 is 41.0 Å². The summed E-state index contributed by atoms with van der Waals surface area (Å²) in [6, 6.07) is 12.2. The van der Waals surface area contributed by atoms with Gasteiger partial charge in [-0.3, -0.25) is 19.2 Å². The van der Waals surface area contributed by atoms with Gasteiger partial charge in [0.15, 0.2) is 0 Å². The molecule has 3 amide bonds. The van der Waals surface area contributed by atoms with Crippen molar-refractivity contribution in [2.24, 2.45) is 0 Å². The van der Waals surface area contributed by atoms with Crippen LogP contribution in [-0.2, 0) is 30.3 Å². The molecule has 208 valence electrons. The van der Waals surface area contributed by atoms with Gasteiger partial charge >= 0.3 is 5.97 Å². The molecule has 4 unspecified atom stereocenters. The number of esters is 1. The first-order chi connectivity index (χ1) is 18.7. The Labute approximate surface area is 232 Å². The van der Waals surface area contributed by atoms with E-state index in [9.17, 15) is 19.2 Å². The van der Waals surface area contributed by atoms with E-state index in [1.165, 1.54) is 28.7 Å². The predicted octanol–water partition coefficient (Wildman–Crippen LogP) is 2.44. The molecule has 2 aliphatic rings. The molecule has 2 saturated heterocycles. The molecule has 39 heavy (non-hydrogen) atoms. The monoisotopic (exact) mass is 556 g/mol. The zero-order chi connectivity index (χ0) is 27.9. The van der Waals surface area contributed by atoms with Gasteiger partial charge in [0.2, 0.25) is 18.1 Å². The van der Waals surface area contributed by atoms with E-state index in [0.717, 1.165) is 12.8 Å². The number of benzene rings is 2. The van der Waals surface area contributed by atoms with Crippen molar-refractivity contribution in [2.45, 2.75) is 63.4 Å². The number of halogens is 1. The van der Waals surface area contributed by atoms with Gasteiger partial charge in [-0.25, -0.2) is 0 Å². The first-order valence-corrected chi connectivity index (χ1v) is 13.4. The maximum Gasteiger partial charge on any atom is 0.310 e. The van der Waals surface area contributed by atoms with Gasteiger partial charge in [0.05, 0.1) is 23.7 Å². The van der Waals surface area contributed by atoms with Gasteiger partial charge in [0.25, 0.3) is 5.91 Å². The molecule has 0 aliphatic carbocycles. The summed E-state index contributed by atoms with van der Waals surface area (Å²) in [5.74, 6) is -1.69. The first-order valence-electron chi connectivity index (χ1n) is 13.0. The number of likely N-dealkylation sites (tertiary alicyclic amines) is 1. The van der Waals surface area contributed by atoms with E-state index in [1.54, 1.807) is 6.92 Å². The SMILES string of the molecule is CC(NC(=O)c1ccc(N)c(Cl)c1)C(=O)N1CCCC1C(=O)NC1CC(=O)OC1OCCCc1ccccc1. The van der Waals surface area contributed by atoms with Crippen LogP contribution in [-0.4, -0.2) is 66.2 Å². The minimum atomic E-state index is -0.882. The van der Waals surface area contributed by atoms with Crippen LogP contribution in [0.1, 0.15) is 48.5 Å². The Morgan fingerprint density at radius 3 is 2.72 bits per heavy atom. The summed E-state index contributed by atoms with van der Waals surface area (Å²) in [5.41, 5.74) is 7.49. The molecule has 0 aromatic heterocycles. The van der Waals surface area contributed by atoms with Crippen LogP contribution in [0.15, 0.2) is 48.5 Å². The van der Waals surface area contributed by atoms with Gasteiger partial charge in [-0.1, -0.05) is 41.9 Å². The average Bonchev–Trinajstić information content (AvgIpc) is 3.54. The Hall–Kier alpha value is -3.63. The fraction of sp³-hybridized carbons (Fsp3) is 0.429. The number of nitrogens with two attached hydrogens (primary N) is 1. The summed E-state index contributed by atoms with van der Waals surface area (Å²) >= 11 is 6.00. The number of hydrogen-bond donors (Lipinski definition) is 3. The highest BCUT2D eigenvalue weighted by Gasteiger charge is 2.41. The van der Waals surface area contributed by atoms with Crippen LogP contribution >= 0.6 is 11.6 Å². The van der Waals surface area contributed by atoms with Crippen LogP contribution in [0.25, 0.3) is 0 Å². The van der Waals surface area contributed by atoms with Gasteiger partial charge in [-0.15, -0.1) is 0 Å². The Kier molecular flexibility index (Phi) is 9.42.